The molecule has 0 saturated heterocycles. The van der Waals surface area contributed by atoms with Gasteiger partial charge in [0.15, 0.2) is 5.96 Å². The van der Waals surface area contributed by atoms with Gasteiger partial charge in [-0.15, -0.1) is 24.0 Å². The average molecular weight is 403 g/mol. The molecule has 21 heavy (non-hydrogen) atoms. The molecule has 2 unspecified atom stereocenters. The molecule has 0 bridgehead atoms. The van der Waals surface area contributed by atoms with E-state index in [0.29, 0.717) is 19.2 Å². The molecule has 1 aliphatic rings. The molecule has 1 aromatic rings. The third kappa shape index (κ3) is 6.11. The first-order valence-corrected chi connectivity index (χ1v) is 7.49. The summed E-state index contributed by atoms with van der Waals surface area (Å²) >= 11 is 0. The van der Waals surface area contributed by atoms with Gasteiger partial charge in [-0.1, -0.05) is 19.1 Å². The van der Waals surface area contributed by atoms with Crippen molar-refractivity contribution in [3.63, 3.8) is 0 Å². The zero-order valence-electron chi connectivity index (χ0n) is 13.1. The summed E-state index contributed by atoms with van der Waals surface area (Å²) in [6.07, 6.45) is 1.24. The molecule has 0 aliphatic heterocycles. The van der Waals surface area contributed by atoms with Gasteiger partial charge in [-0.25, -0.2) is 4.99 Å². The lowest BCUT2D eigenvalue weighted by molar-refractivity contribution is 0.340. The van der Waals surface area contributed by atoms with Crippen LogP contribution in [0.15, 0.2) is 29.3 Å². The molecule has 2 atom stereocenters. The minimum absolute atomic E-state index is 0. The molecule has 0 aromatic heterocycles. The van der Waals surface area contributed by atoms with Crippen molar-refractivity contribution >= 4 is 29.9 Å². The van der Waals surface area contributed by atoms with Crippen molar-refractivity contribution in [2.45, 2.75) is 39.8 Å². The third-order valence-electron chi connectivity index (χ3n) is 3.41. The van der Waals surface area contributed by atoms with E-state index < -0.39 is 0 Å². The van der Waals surface area contributed by atoms with Crippen LogP contribution in [-0.4, -0.2) is 25.2 Å². The Morgan fingerprint density at radius 1 is 1.38 bits per heavy atom. The lowest BCUT2D eigenvalue weighted by atomic mass is 10.2. The summed E-state index contributed by atoms with van der Waals surface area (Å²) in [6, 6.07) is 8.71. The van der Waals surface area contributed by atoms with E-state index in [2.05, 4.69) is 41.6 Å². The van der Waals surface area contributed by atoms with Crippen LogP contribution >= 0.6 is 24.0 Å². The van der Waals surface area contributed by atoms with Gasteiger partial charge in [0, 0.05) is 12.6 Å². The predicted octanol–water partition coefficient (Wildman–Crippen LogP) is 3.17. The summed E-state index contributed by atoms with van der Waals surface area (Å²) in [4.78, 5) is 4.64. The van der Waals surface area contributed by atoms with Crippen molar-refractivity contribution < 1.29 is 4.74 Å². The van der Waals surface area contributed by atoms with Gasteiger partial charge in [-0.3, -0.25) is 0 Å². The summed E-state index contributed by atoms with van der Waals surface area (Å²) in [6.45, 7) is 8.57. The first kappa shape index (κ1) is 18.1. The zero-order valence-corrected chi connectivity index (χ0v) is 15.4. The van der Waals surface area contributed by atoms with Crippen LogP contribution in [-0.2, 0) is 6.54 Å². The van der Waals surface area contributed by atoms with Crippen molar-refractivity contribution in [2.24, 2.45) is 10.9 Å². The summed E-state index contributed by atoms with van der Waals surface area (Å²) < 4.78 is 5.51. The highest BCUT2D eigenvalue weighted by Gasteiger charge is 2.33. The topological polar surface area (TPSA) is 45.7 Å². The highest BCUT2D eigenvalue weighted by molar-refractivity contribution is 14.0. The highest BCUT2D eigenvalue weighted by atomic mass is 127. The van der Waals surface area contributed by atoms with Crippen LogP contribution in [0.25, 0.3) is 0 Å². The van der Waals surface area contributed by atoms with E-state index >= 15 is 0 Å². The predicted molar refractivity (Wildman–Crippen MR) is 98.5 cm³/mol. The van der Waals surface area contributed by atoms with Crippen molar-refractivity contribution in [1.29, 1.82) is 0 Å². The molecule has 4 nitrogen and oxygen atoms in total. The van der Waals surface area contributed by atoms with Crippen LogP contribution in [0.2, 0.25) is 0 Å². The van der Waals surface area contributed by atoms with Crippen molar-refractivity contribution in [2.75, 3.05) is 13.2 Å². The number of rotatable bonds is 6. The monoisotopic (exact) mass is 403 g/mol. The van der Waals surface area contributed by atoms with Gasteiger partial charge in [0.25, 0.3) is 0 Å². The molecule has 5 heteroatoms. The van der Waals surface area contributed by atoms with Gasteiger partial charge in [0.1, 0.15) is 5.75 Å². The summed E-state index contributed by atoms with van der Waals surface area (Å²) in [7, 11) is 0. The molecule has 0 radical (unpaired) electrons. The third-order valence-corrected chi connectivity index (χ3v) is 3.41. The van der Waals surface area contributed by atoms with E-state index in [4.69, 9.17) is 4.74 Å². The minimum Gasteiger partial charge on any atom is -0.494 e. The molecule has 0 heterocycles. The number of hydrogen-bond donors (Lipinski definition) is 2. The Morgan fingerprint density at radius 2 is 2.14 bits per heavy atom. The largest absolute Gasteiger partial charge is 0.494 e. The number of nitrogens with one attached hydrogen (secondary N) is 2. The van der Waals surface area contributed by atoms with E-state index in [9.17, 15) is 0 Å². The van der Waals surface area contributed by atoms with Gasteiger partial charge in [0.05, 0.1) is 13.2 Å². The van der Waals surface area contributed by atoms with E-state index in [1.54, 1.807) is 0 Å². The quantitative estimate of drug-likeness (QED) is 0.436. The Kier molecular flexibility index (Phi) is 7.85. The Morgan fingerprint density at radius 3 is 2.76 bits per heavy atom. The first-order valence-electron chi connectivity index (χ1n) is 7.49. The first-order chi connectivity index (χ1) is 9.72. The normalized spacial score (nSPS) is 20.4. The molecular weight excluding hydrogens is 377 g/mol. The van der Waals surface area contributed by atoms with Gasteiger partial charge < -0.3 is 15.4 Å². The maximum atomic E-state index is 5.51. The molecule has 0 spiro atoms. The number of ether oxygens (including phenoxy) is 1. The Bertz CT molecular complexity index is 465. The van der Waals surface area contributed by atoms with E-state index in [1.807, 2.05) is 19.1 Å². The molecule has 1 aliphatic carbocycles. The second-order valence-corrected chi connectivity index (χ2v) is 5.24. The summed E-state index contributed by atoms with van der Waals surface area (Å²) in [5, 5.41) is 6.75. The SMILES string of the molecule is CCNC(=NCc1cccc(OCC)c1)NC1CC1C.I. The van der Waals surface area contributed by atoms with Crippen LogP contribution in [0, 0.1) is 5.92 Å². The average Bonchev–Trinajstić information content (AvgIpc) is 3.13. The minimum atomic E-state index is 0. The lowest BCUT2D eigenvalue weighted by Crippen LogP contribution is -2.39. The summed E-state index contributed by atoms with van der Waals surface area (Å²) in [5.41, 5.74) is 1.16. The number of benzene rings is 1. The number of guanidine groups is 1. The van der Waals surface area contributed by atoms with E-state index in [-0.39, 0.29) is 24.0 Å². The second-order valence-electron chi connectivity index (χ2n) is 5.24. The highest BCUT2D eigenvalue weighted by Crippen LogP contribution is 2.28. The van der Waals surface area contributed by atoms with Crippen molar-refractivity contribution in [3.05, 3.63) is 29.8 Å². The van der Waals surface area contributed by atoms with E-state index in [1.165, 1.54) is 6.42 Å². The zero-order chi connectivity index (χ0) is 14.4. The fraction of sp³-hybridized carbons (Fsp3) is 0.562. The fourth-order valence-corrected chi connectivity index (χ4v) is 2.09. The maximum Gasteiger partial charge on any atom is 0.191 e. The van der Waals surface area contributed by atoms with Crippen LogP contribution in [0.1, 0.15) is 32.8 Å². The number of halogens is 1. The molecule has 0 amide bonds. The van der Waals surface area contributed by atoms with Crippen LogP contribution in [0.4, 0.5) is 0 Å². The van der Waals surface area contributed by atoms with Crippen molar-refractivity contribution in [3.8, 4) is 5.75 Å². The number of nitrogens with zero attached hydrogens (tertiary/aromatic N) is 1. The van der Waals surface area contributed by atoms with Gasteiger partial charge in [0.2, 0.25) is 0 Å². The van der Waals surface area contributed by atoms with Crippen LogP contribution in [0.5, 0.6) is 5.75 Å². The maximum absolute atomic E-state index is 5.51. The summed E-state index contributed by atoms with van der Waals surface area (Å²) in [5.74, 6) is 2.58. The van der Waals surface area contributed by atoms with Gasteiger partial charge in [-0.2, -0.15) is 0 Å². The lowest BCUT2D eigenvalue weighted by Gasteiger charge is -2.11. The molecule has 2 N–H and O–H groups in total. The van der Waals surface area contributed by atoms with Gasteiger partial charge in [-0.05, 0) is 43.9 Å². The number of hydrogen-bond acceptors (Lipinski definition) is 2. The fourth-order valence-electron chi connectivity index (χ4n) is 2.09. The molecule has 1 aromatic carbocycles. The van der Waals surface area contributed by atoms with Gasteiger partial charge >= 0.3 is 0 Å². The second kappa shape index (κ2) is 9.12. The van der Waals surface area contributed by atoms with E-state index in [0.717, 1.165) is 29.7 Å². The Hall–Kier alpha value is -0.980. The molecule has 1 saturated carbocycles. The van der Waals surface area contributed by atoms with Crippen LogP contribution < -0.4 is 15.4 Å². The molecule has 118 valence electrons. The van der Waals surface area contributed by atoms with Crippen molar-refractivity contribution in [1.82, 2.24) is 10.6 Å². The smallest absolute Gasteiger partial charge is 0.191 e. The molecular formula is C16H26IN3O. The Balaban J connectivity index is 0.00000220. The molecule has 1 fully saturated rings. The molecule has 2 rings (SSSR count). The number of aliphatic imine (C=N–C) groups is 1. The standard InChI is InChI=1S/C16H25N3O.HI/c1-4-17-16(19-15-9-12(15)3)18-11-13-7-6-8-14(10-13)20-5-2;/h6-8,10,12,15H,4-5,9,11H2,1-3H3,(H2,17,18,19);1H. The Labute approximate surface area is 144 Å². The van der Waals surface area contributed by atoms with Crippen LogP contribution in [0.3, 0.4) is 0 Å².